The maximum Gasteiger partial charge on any atom is 0.416 e. The zero-order chi connectivity index (χ0) is 33.1. The zero-order valence-corrected chi connectivity index (χ0v) is 29.1. The fraction of sp³-hybridized carbons (Fsp3) is 0.243. The number of hydrogen-bond acceptors (Lipinski definition) is 4. The topological polar surface area (TPSA) is 28.1 Å². The van der Waals surface area contributed by atoms with Crippen LogP contribution in [-0.2, 0) is 17.0 Å². The summed E-state index contributed by atoms with van der Waals surface area (Å²) in [4.78, 5) is 4.29. The molecule has 0 atom stereocenters. The van der Waals surface area contributed by atoms with E-state index in [-0.39, 0.29) is 5.69 Å². The van der Waals surface area contributed by atoms with Crippen LogP contribution >= 0.6 is 23.2 Å². The molecule has 0 radical (unpaired) electrons. The minimum Gasteiger partial charge on any atom is -0.453 e. The van der Waals surface area contributed by atoms with E-state index < -0.39 is 29.9 Å². The first-order chi connectivity index (χ1) is 21.6. The number of allylic oxidation sites excluding steroid dienone is 2. The Bertz CT molecular complexity index is 1850. The van der Waals surface area contributed by atoms with E-state index in [0.29, 0.717) is 5.75 Å². The molecule has 0 aliphatic carbocycles. The van der Waals surface area contributed by atoms with Gasteiger partial charge in [-0.1, -0.05) is 86.1 Å². The summed E-state index contributed by atoms with van der Waals surface area (Å²) in [6.07, 6.45) is -4.51. The number of benzene rings is 4. The number of halogens is 4. The molecule has 0 N–H and O–H groups in total. The second-order valence-corrected chi connectivity index (χ2v) is 16.0. The Labute approximate surface area is 277 Å². The van der Waals surface area contributed by atoms with E-state index >= 15 is 0 Å². The molecule has 0 bridgehead atoms. The Morgan fingerprint density at radius 1 is 0.717 bits per heavy atom. The number of fused-ring (bicyclic) bond motifs is 2. The first-order valence-corrected chi connectivity index (χ1v) is 17.6. The maximum atomic E-state index is 13.9. The van der Waals surface area contributed by atoms with Gasteiger partial charge in [-0.2, -0.15) is 13.2 Å². The van der Waals surface area contributed by atoms with Gasteiger partial charge >= 0.3 is 6.18 Å². The van der Waals surface area contributed by atoms with E-state index in [2.05, 4.69) is 89.3 Å². The van der Waals surface area contributed by atoms with Gasteiger partial charge in [0.25, 0.3) is 0 Å². The molecule has 4 aromatic carbocycles. The van der Waals surface area contributed by atoms with Crippen LogP contribution in [0.2, 0.25) is 0 Å². The summed E-state index contributed by atoms with van der Waals surface area (Å²) >= 11 is 3.51. The first-order valence-electron chi connectivity index (χ1n) is 15.0. The van der Waals surface area contributed by atoms with E-state index in [4.69, 9.17) is 9.27 Å². The molecule has 0 aromatic heterocycles. The number of likely N-dealkylation sites (N-methyl/N-ethyl adjacent to an activating group) is 2. The molecule has 2 heterocycles. The predicted octanol–water partition coefficient (Wildman–Crippen LogP) is 11.8. The van der Waals surface area contributed by atoms with Crippen LogP contribution in [0.25, 0.3) is 0 Å². The van der Waals surface area contributed by atoms with Crippen molar-refractivity contribution in [1.29, 1.82) is 0 Å². The molecule has 46 heavy (non-hydrogen) atoms. The van der Waals surface area contributed by atoms with Crippen molar-refractivity contribution in [1.82, 2.24) is 0 Å². The molecule has 2 aliphatic rings. The summed E-state index contributed by atoms with van der Waals surface area (Å²) in [6, 6.07) is 29.2. The van der Waals surface area contributed by atoms with Gasteiger partial charge in [-0.05, 0) is 65.7 Å². The van der Waals surface area contributed by atoms with Crippen molar-refractivity contribution in [2.45, 2.75) is 44.7 Å². The Morgan fingerprint density at radius 3 is 1.70 bits per heavy atom. The van der Waals surface area contributed by atoms with Crippen LogP contribution in [0.15, 0.2) is 129 Å². The van der Waals surface area contributed by atoms with Gasteiger partial charge in [0.15, 0.2) is 7.28 Å². The fourth-order valence-electron chi connectivity index (χ4n) is 6.57. The van der Waals surface area contributed by atoms with E-state index in [1.807, 2.05) is 62.6 Å². The van der Waals surface area contributed by atoms with Gasteiger partial charge in [0, 0.05) is 63.8 Å². The highest BCUT2D eigenvalue weighted by molar-refractivity contribution is 9.10. The fourth-order valence-corrected chi connectivity index (χ4v) is 9.81. The average molecular weight is 707 g/mol. The second-order valence-electron chi connectivity index (χ2n) is 12.8. The van der Waals surface area contributed by atoms with Gasteiger partial charge in [0.05, 0.1) is 11.3 Å². The highest BCUT2D eigenvalue weighted by Crippen LogP contribution is 2.63. The largest absolute Gasteiger partial charge is 0.453 e. The van der Waals surface area contributed by atoms with E-state index in [0.717, 1.165) is 50.5 Å². The van der Waals surface area contributed by atoms with Crippen LogP contribution in [0.4, 0.5) is 30.2 Å². The third kappa shape index (κ3) is 5.71. The van der Waals surface area contributed by atoms with Gasteiger partial charge in [0.2, 0.25) is 0 Å². The first kappa shape index (κ1) is 32.2. The summed E-state index contributed by atoms with van der Waals surface area (Å²) in [7, 11) is 0.759. The molecule has 9 heteroatoms. The second kappa shape index (κ2) is 11.5. The molecule has 0 saturated heterocycles. The van der Waals surface area contributed by atoms with E-state index in [9.17, 15) is 13.2 Å². The third-order valence-electron chi connectivity index (χ3n) is 9.01. The SMILES string of the molecule is CN1C(=CP(C=C2N(C)c3ccccc3C2(C)C)(=Nc2cccc(C(F)(F)F)c2)Oc2ccc(Br)cc2)C(C)(C)c2ccccc21. The van der Waals surface area contributed by atoms with Crippen LogP contribution in [0.1, 0.15) is 44.4 Å². The van der Waals surface area contributed by atoms with Crippen molar-refractivity contribution in [2.24, 2.45) is 4.74 Å². The minimum atomic E-state index is -4.51. The molecule has 4 nitrogen and oxygen atoms in total. The highest BCUT2D eigenvalue weighted by Gasteiger charge is 2.43. The van der Waals surface area contributed by atoms with E-state index in [1.54, 1.807) is 6.07 Å². The minimum absolute atomic E-state index is 0.195. The Balaban J connectivity index is 1.69. The molecular formula is C37H36BrF3N3OP. The van der Waals surface area contributed by atoms with Crippen molar-refractivity contribution in [3.63, 3.8) is 0 Å². The van der Waals surface area contributed by atoms with Crippen molar-refractivity contribution in [2.75, 3.05) is 23.9 Å². The zero-order valence-electron chi connectivity index (χ0n) is 26.6. The number of alkyl halides is 3. The molecule has 2 aliphatic heterocycles. The summed E-state index contributed by atoms with van der Waals surface area (Å²) in [5, 5.41) is 0. The molecule has 0 fully saturated rings. The lowest BCUT2D eigenvalue weighted by atomic mass is 9.84. The van der Waals surface area contributed by atoms with Gasteiger partial charge in [-0.15, -0.1) is 0 Å². The number of hydrogen-bond donors (Lipinski definition) is 0. The van der Waals surface area contributed by atoms with Crippen molar-refractivity contribution < 1.29 is 17.7 Å². The normalized spacial score (nSPS) is 19.6. The van der Waals surface area contributed by atoms with Crippen LogP contribution in [-0.4, -0.2) is 14.1 Å². The van der Waals surface area contributed by atoms with E-state index in [1.165, 1.54) is 6.07 Å². The predicted molar refractivity (Wildman–Crippen MR) is 187 cm³/mol. The number of anilines is 2. The molecule has 6 rings (SSSR count). The molecule has 4 aromatic rings. The Hall–Kier alpha value is -3.74. The van der Waals surface area contributed by atoms with Crippen molar-refractivity contribution >= 4 is 40.3 Å². The Kier molecular flexibility index (Phi) is 8.05. The van der Waals surface area contributed by atoms with Crippen LogP contribution in [0, 0.1) is 0 Å². The quantitative estimate of drug-likeness (QED) is 0.193. The van der Waals surface area contributed by atoms with Crippen molar-refractivity contribution in [3.05, 3.63) is 141 Å². The van der Waals surface area contributed by atoms with Gasteiger partial charge in [-0.25, -0.2) is 4.74 Å². The lowest BCUT2D eigenvalue weighted by molar-refractivity contribution is -0.137. The van der Waals surface area contributed by atoms with Crippen molar-refractivity contribution in [3.8, 4) is 5.75 Å². The molecule has 0 unspecified atom stereocenters. The lowest BCUT2D eigenvalue weighted by Gasteiger charge is -2.31. The molecule has 0 amide bonds. The molecule has 0 spiro atoms. The van der Waals surface area contributed by atoms with Gasteiger partial charge < -0.3 is 14.3 Å². The lowest BCUT2D eigenvalue weighted by Crippen LogP contribution is -2.24. The standard InChI is InChI=1S/C37H36BrF3N3OP/c1-35(2)29-14-7-9-16-31(29)43(5)33(35)23-46(45-28-20-18-26(38)19-21-28,42-27-13-11-12-25(22-27)37(39,40)41)24-34-36(3,4)30-15-8-10-17-32(30)44(34)6/h7-24H,1-6H3. The van der Waals surface area contributed by atoms with Crippen LogP contribution in [0.5, 0.6) is 5.75 Å². The molecule has 238 valence electrons. The molecular weight excluding hydrogens is 670 g/mol. The summed E-state index contributed by atoms with van der Waals surface area (Å²) < 4.78 is 54.9. The third-order valence-corrected chi connectivity index (χ3v) is 11.8. The highest BCUT2D eigenvalue weighted by atomic mass is 79.9. The van der Waals surface area contributed by atoms with Gasteiger partial charge in [-0.3, -0.25) is 0 Å². The monoisotopic (exact) mass is 705 g/mol. The Morgan fingerprint density at radius 2 is 1.22 bits per heavy atom. The average Bonchev–Trinajstić information content (AvgIpc) is 3.32. The maximum absolute atomic E-state index is 13.9. The summed E-state index contributed by atoms with van der Waals surface area (Å²) in [6.45, 7) is 8.64. The number of rotatable bonds is 5. The summed E-state index contributed by atoms with van der Waals surface area (Å²) in [5.41, 5.74) is 4.95. The van der Waals surface area contributed by atoms with Crippen LogP contribution < -0.4 is 14.3 Å². The molecule has 0 saturated carbocycles. The summed E-state index contributed by atoms with van der Waals surface area (Å²) in [5.74, 6) is 4.72. The van der Waals surface area contributed by atoms with Gasteiger partial charge in [0.1, 0.15) is 5.75 Å². The van der Waals surface area contributed by atoms with Crippen LogP contribution in [0.3, 0.4) is 0 Å². The number of nitrogens with zero attached hydrogens (tertiary/aromatic N) is 3. The smallest absolute Gasteiger partial charge is 0.416 e. The number of para-hydroxylation sites is 2.